The van der Waals surface area contributed by atoms with Crippen LogP contribution in [0.2, 0.25) is 5.02 Å². The van der Waals surface area contributed by atoms with Crippen molar-refractivity contribution in [2.45, 2.75) is 6.92 Å². The van der Waals surface area contributed by atoms with Gasteiger partial charge in [0, 0.05) is 6.92 Å². The van der Waals surface area contributed by atoms with Gasteiger partial charge < -0.3 is 4.74 Å². The van der Waals surface area contributed by atoms with Gasteiger partial charge in [0.25, 0.3) is 0 Å². The minimum Gasteiger partial charge on any atom is -0.425 e. The average Bonchev–Trinajstić information content (AvgIpc) is 1.94. The predicted molar refractivity (Wildman–Crippen MR) is 47.2 cm³/mol. The first-order valence-electron chi connectivity index (χ1n) is 3.39. The first-order chi connectivity index (χ1) is 5.59. The second-order valence-electron chi connectivity index (χ2n) is 2.36. The molecule has 0 fully saturated rings. The Morgan fingerprint density at radius 1 is 1.58 bits per heavy atom. The summed E-state index contributed by atoms with van der Waals surface area (Å²) in [6.45, 7) is 5.00. The minimum atomic E-state index is -0.381. The SMILES string of the molecule is [CH2]c1ccc(OC(C)=O)c(Cl)c1. The monoisotopic (exact) mass is 183 g/mol. The van der Waals surface area contributed by atoms with Crippen LogP contribution in [-0.2, 0) is 4.79 Å². The van der Waals surface area contributed by atoms with E-state index in [0.29, 0.717) is 10.8 Å². The van der Waals surface area contributed by atoms with Crippen LogP contribution in [0.1, 0.15) is 12.5 Å². The van der Waals surface area contributed by atoms with Crippen LogP contribution in [0.3, 0.4) is 0 Å². The Labute approximate surface area is 76.1 Å². The lowest BCUT2D eigenvalue weighted by Crippen LogP contribution is -2.01. The summed E-state index contributed by atoms with van der Waals surface area (Å²) in [6.07, 6.45) is 0. The van der Waals surface area contributed by atoms with Crippen molar-refractivity contribution in [2.24, 2.45) is 0 Å². The molecule has 1 aromatic carbocycles. The molecule has 0 aromatic heterocycles. The minimum absolute atomic E-state index is 0.372. The maximum Gasteiger partial charge on any atom is 0.308 e. The lowest BCUT2D eigenvalue weighted by Gasteiger charge is -2.03. The number of ether oxygens (including phenoxy) is 1. The number of benzene rings is 1. The van der Waals surface area contributed by atoms with Gasteiger partial charge >= 0.3 is 5.97 Å². The van der Waals surface area contributed by atoms with E-state index in [-0.39, 0.29) is 5.97 Å². The molecule has 3 heteroatoms. The van der Waals surface area contributed by atoms with Gasteiger partial charge in [0.05, 0.1) is 5.02 Å². The van der Waals surface area contributed by atoms with Gasteiger partial charge in [-0.1, -0.05) is 17.7 Å². The van der Waals surface area contributed by atoms with Crippen LogP contribution in [0.4, 0.5) is 0 Å². The summed E-state index contributed by atoms with van der Waals surface area (Å²) in [6, 6.07) is 4.98. The molecule has 12 heavy (non-hydrogen) atoms. The van der Waals surface area contributed by atoms with Crippen LogP contribution in [0, 0.1) is 6.92 Å². The quantitative estimate of drug-likeness (QED) is 0.494. The molecular weight excluding hydrogens is 176 g/mol. The zero-order valence-corrected chi connectivity index (χ0v) is 7.39. The normalized spacial score (nSPS) is 9.58. The Balaban J connectivity index is 2.93. The number of carbonyl (C=O) groups excluding carboxylic acids is 1. The van der Waals surface area contributed by atoms with Crippen molar-refractivity contribution in [1.82, 2.24) is 0 Å². The molecular formula is C9H8ClO2. The average molecular weight is 184 g/mol. The Morgan fingerprint density at radius 3 is 2.75 bits per heavy atom. The second-order valence-corrected chi connectivity index (χ2v) is 2.77. The molecule has 2 nitrogen and oxygen atoms in total. The van der Waals surface area contributed by atoms with Gasteiger partial charge in [-0.25, -0.2) is 0 Å². The molecule has 0 amide bonds. The van der Waals surface area contributed by atoms with E-state index in [1.807, 2.05) is 0 Å². The number of esters is 1. The molecule has 63 valence electrons. The molecule has 0 saturated carbocycles. The highest BCUT2D eigenvalue weighted by Crippen LogP contribution is 2.24. The van der Waals surface area contributed by atoms with Crippen molar-refractivity contribution in [3.05, 3.63) is 35.7 Å². The summed E-state index contributed by atoms with van der Waals surface area (Å²) in [4.78, 5) is 10.6. The van der Waals surface area contributed by atoms with Gasteiger partial charge in [-0.15, -0.1) is 0 Å². The van der Waals surface area contributed by atoms with Crippen molar-refractivity contribution in [3.63, 3.8) is 0 Å². The van der Waals surface area contributed by atoms with Crippen LogP contribution in [0.5, 0.6) is 5.75 Å². The van der Waals surface area contributed by atoms with E-state index in [4.69, 9.17) is 16.3 Å². The van der Waals surface area contributed by atoms with E-state index < -0.39 is 0 Å². The van der Waals surface area contributed by atoms with Crippen LogP contribution >= 0.6 is 11.6 Å². The van der Waals surface area contributed by atoms with Gasteiger partial charge in [0.2, 0.25) is 0 Å². The number of rotatable bonds is 1. The fourth-order valence-corrected chi connectivity index (χ4v) is 1.02. The molecule has 0 atom stereocenters. The summed E-state index contributed by atoms with van der Waals surface area (Å²) in [5.41, 5.74) is 0.788. The van der Waals surface area contributed by atoms with E-state index in [9.17, 15) is 4.79 Å². The highest BCUT2D eigenvalue weighted by atomic mass is 35.5. The molecule has 1 radical (unpaired) electrons. The van der Waals surface area contributed by atoms with E-state index in [1.54, 1.807) is 18.2 Å². The molecule has 0 aliphatic rings. The molecule has 0 unspecified atom stereocenters. The molecule has 1 rings (SSSR count). The van der Waals surface area contributed by atoms with E-state index in [2.05, 4.69) is 6.92 Å². The Hall–Kier alpha value is -1.02. The number of hydrogen-bond donors (Lipinski definition) is 0. The van der Waals surface area contributed by atoms with Crippen LogP contribution in [0.25, 0.3) is 0 Å². The zero-order chi connectivity index (χ0) is 9.14. The van der Waals surface area contributed by atoms with E-state index in [0.717, 1.165) is 5.56 Å². The fourth-order valence-electron chi connectivity index (χ4n) is 0.782. The van der Waals surface area contributed by atoms with Gasteiger partial charge in [-0.2, -0.15) is 0 Å². The lowest BCUT2D eigenvalue weighted by molar-refractivity contribution is -0.131. The molecule has 0 aliphatic carbocycles. The third-order valence-electron chi connectivity index (χ3n) is 1.25. The third kappa shape index (κ3) is 2.24. The van der Waals surface area contributed by atoms with Gasteiger partial charge in [-0.05, 0) is 24.6 Å². The fraction of sp³-hybridized carbons (Fsp3) is 0.111. The molecule has 0 saturated heterocycles. The summed E-state index contributed by atoms with van der Waals surface area (Å²) in [5.74, 6) is -0.00900. The first kappa shape index (κ1) is 9.07. The summed E-state index contributed by atoms with van der Waals surface area (Å²) >= 11 is 5.76. The van der Waals surface area contributed by atoms with Crippen molar-refractivity contribution >= 4 is 17.6 Å². The number of carbonyl (C=O) groups is 1. The smallest absolute Gasteiger partial charge is 0.308 e. The maximum atomic E-state index is 10.6. The van der Waals surface area contributed by atoms with Crippen molar-refractivity contribution in [2.75, 3.05) is 0 Å². The highest BCUT2D eigenvalue weighted by molar-refractivity contribution is 6.32. The Bertz CT molecular complexity index is 307. The van der Waals surface area contributed by atoms with Crippen molar-refractivity contribution in [1.29, 1.82) is 0 Å². The molecule has 1 aromatic rings. The standard InChI is InChI=1S/C9H8ClO2/c1-6-3-4-9(8(10)5-6)12-7(2)11/h3-5H,1H2,2H3. The zero-order valence-electron chi connectivity index (χ0n) is 6.63. The van der Waals surface area contributed by atoms with E-state index in [1.165, 1.54) is 6.92 Å². The van der Waals surface area contributed by atoms with Crippen LogP contribution in [0.15, 0.2) is 18.2 Å². The van der Waals surface area contributed by atoms with E-state index >= 15 is 0 Å². The maximum absolute atomic E-state index is 10.6. The molecule has 0 N–H and O–H groups in total. The predicted octanol–water partition coefficient (Wildman–Crippen LogP) is 2.45. The second kappa shape index (κ2) is 3.59. The molecule has 0 aliphatic heterocycles. The third-order valence-corrected chi connectivity index (χ3v) is 1.55. The summed E-state index contributed by atoms with van der Waals surface area (Å²) in [5, 5.41) is 0.401. The number of hydrogen-bond acceptors (Lipinski definition) is 2. The first-order valence-corrected chi connectivity index (χ1v) is 3.77. The van der Waals surface area contributed by atoms with Gasteiger partial charge in [-0.3, -0.25) is 4.79 Å². The van der Waals surface area contributed by atoms with Crippen LogP contribution < -0.4 is 4.74 Å². The topological polar surface area (TPSA) is 26.3 Å². The summed E-state index contributed by atoms with van der Waals surface area (Å²) < 4.78 is 4.80. The van der Waals surface area contributed by atoms with Gasteiger partial charge in [0.15, 0.2) is 0 Å². The molecule has 0 heterocycles. The van der Waals surface area contributed by atoms with Crippen LogP contribution in [-0.4, -0.2) is 5.97 Å². The largest absolute Gasteiger partial charge is 0.425 e. The number of halogens is 1. The van der Waals surface area contributed by atoms with Gasteiger partial charge in [0.1, 0.15) is 5.75 Å². The van der Waals surface area contributed by atoms with Crippen molar-refractivity contribution in [3.8, 4) is 5.75 Å². The lowest BCUT2D eigenvalue weighted by atomic mass is 10.2. The Kier molecular flexibility index (Phi) is 2.71. The molecule has 0 bridgehead atoms. The van der Waals surface area contributed by atoms with Crippen molar-refractivity contribution < 1.29 is 9.53 Å². The summed E-state index contributed by atoms with van der Waals surface area (Å²) in [7, 11) is 0. The Morgan fingerprint density at radius 2 is 2.25 bits per heavy atom. The highest BCUT2D eigenvalue weighted by Gasteiger charge is 2.03. The molecule has 0 spiro atoms.